The van der Waals surface area contributed by atoms with Crippen LogP contribution in [0.25, 0.3) is 10.9 Å². The predicted octanol–water partition coefficient (Wildman–Crippen LogP) is 2.23. The van der Waals surface area contributed by atoms with Gasteiger partial charge in [-0.25, -0.2) is 4.39 Å². The third-order valence-electron chi connectivity index (χ3n) is 3.77. The Labute approximate surface area is 118 Å². The summed E-state index contributed by atoms with van der Waals surface area (Å²) < 4.78 is 14.0. The lowest BCUT2D eigenvalue weighted by atomic mass is 9.85. The number of rotatable bonds is 1. The molecule has 3 N–H and O–H groups in total. The van der Waals surface area contributed by atoms with E-state index in [-0.39, 0.29) is 21.4 Å². The summed E-state index contributed by atoms with van der Waals surface area (Å²) >= 11 is 5.79. The highest BCUT2D eigenvalue weighted by Crippen LogP contribution is 2.30. The third-order valence-corrected chi connectivity index (χ3v) is 3.99. The maximum absolute atomic E-state index is 14.0. The molecule has 20 heavy (non-hydrogen) atoms. The molecule has 1 aliphatic carbocycles. The zero-order valence-electron chi connectivity index (χ0n) is 10.5. The Morgan fingerprint density at radius 1 is 1.45 bits per heavy atom. The number of amides is 1. The number of hydrogen-bond acceptors (Lipinski definition) is 2. The van der Waals surface area contributed by atoms with Gasteiger partial charge in [0.05, 0.1) is 16.8 Å². The summed E-state index contributed by atoms with van der Waals surface area (Å²) in [5.74, 6) is -1.68. The number of carbonyl (C=O) groups excluding carboxylic acids is 1. The molecule has 1 unspecified atom stereocenters. The van der Waals surface area contributed by atoms with Crippen LogP contribution in [0.3, 0.4) is 0 Å². The van der Waals surface area contributed by atoms with Crippen molar-refractivity contribution in [1.29, 1.82) is 0 Å². The lowest BCUT2D eigenvalue weighted by molar-refractivity contribution is -0.119. The summed E-state index contributed by atoms with van der Waals surface area (Å²) in [6.45, 7) is 0. The van der Waals surface area contributed by atoms with Crippen LogP contribution in [-0.2, 0) is 11.2 Å². The van der Waals surface area contributed by atoms with Gasteiger partial charge < -0.3 is 10.7 Å². The number of aromatic amines is 1. The summed E-state index contributed by atoms with van der Waals surface area (Å²) in [6, 6.07) is 2.57. The van der Waals surface area contributed by atoms with Crippen molar-refractivity contribution in [1.82, 2.24) is 4.98 Å². The third kappa shape index (κ3) is 1.89. The SMILES string of the molecule is NC(=O)C1CCCc2c1[nH]c1c(F)cc(Cl)cc1c2=O. The molecular formula is C14H12ClFN2O2. The molecule has 1 aromatic carbocycles. The Morgan fingerprint density at radius 3 is 2.90 bits per heavy atom. The van der Waals surface area contributed by atoms with E-state index < -0.39 is 17.6 Å². The zero-order valence-corrected chi connectivity index (χ0v) is 11.3. The first kappa shape index (κ1) is 13.1. The maximum Gasteiger partial charge on any atom is 0.226 e. The second kappa shape index (κ2) is 4.59. The van der Waals surface area contributed by atoms with E-state index in [0.717, 1.165) is 6.07 Å². The summed E-state index contributed by atoms with van der Waals surface area (Å²) in [6.07, 6.45) is 1.83. The molecule has 0 radical (unpaired) electrons. The van der Waals surface area contributed by atoms with Crippen molar-refractivity contribution in [3.05, 3.63) is 44.5 Å². The van der Waals surface area contributed by atoms with Gasteiger partial charge in [0.2, 0.25) is 5.91 Å². The number of halogens is 2. The molecule has 0 saturated carbocycles. The Kier molecular flexibility index (Phi) is 3.01. The Morgan fingerprint density at radius 2 is 2.20 bits per heavy atom. The molecule has 1 aliphatic rings. The summed E-state index contributed by atoms with van der Waals surface area (Å²) in [4.78, 5) is 26.8. The average molecular weight is 295 g/mol. The second-order valence-corrected chi connectivity index (χ2v) is 5.44. The van der Waals surface area contributed by atoms with Gasteiger partial charge in [-0.15, -0.1) is 0 Å². The lowest BCUT2D eigenvalue weighted by Crippen LogP contribution is -2.29. The van der Waals surface area contributed by atoms with E-state index in [0.29, 0.717) is 30.5 Å². The Balaban J connectivity index is 2.39. The highest BCUT2D eigenvalue weighted by molar-refractivity contribution is 6.31. The maximum atomic E-state index is 14.0. The van der Waals surface area contributed by atoms with Crippen LogP contribution < -0.4 is 11.2 Å². The molecule has 1 heterocycles. The van der Waals surface area contributed by atoms with Crippen molar-refractivity contribution in [2.24, 2.45) is 5.73 Å². The summed E-state index contributed by atoms with van der Waals surface area (Å²) in [5.41, 5.74) is 6.12. The van der Waals surface area contributed by atoms with Gasteiger partial charge >= 0.3 is 0 Å². The fourth-order valence-corrected chi connectivity index (χ4v) is 3.04. The van der Waals surface area contributed by atoms with Gasteiger partial charge in [0.25, 0.3) is 0 Å². The van der Waals surface area contributed by atoms with Gasteiger partial charge in [-0.3, -0.25) is 9.59 Å². The van der Waals surface area contributed by atoms with Crippen molar-refractivity contribution in [2.45, 2.75) is 25.2 Å². The van der Waals surface area contributed by atoms with Crippen molar-refractivity contribution < 1.29 is 9.18 Å². The number of nitrogens with one attached hydrogen (secondary N) is 1. The monoisotopic (exact) mass is 294 g/mol. The first-order valence-electron chi connectivity index (χ1n) is 6.32. The molecule has 6 heteroatoms. The van der Waals surface area contributed by atoms with Gasteiger partial charge in [0, 0.05) is 16.3 Å². The predicted molar refractivity (Wildman–Crippen MR) is 74.4 cm³/mol. The minimum atomic E-state index is -0.610. The smallest absolute Gasteiger partial charge is 0.226 e. The fraction of sp³-hybridized carbons (Fsp3) is 0.286. The normalized spacial score (nSPS) is 18.0. The molecule has 2 aromatic rings. The molecule has 0 spiro atoms. The van der Waals surface area contributed by atoms with Crippen LogP contribution in [0.2, 0.25) is 5.02 Å². The molecule has 4 nitrogen and oxygen atoms in total. The molecule has 1 aromatic heterocycles. The summed E-state index contributed by atoms with van der Waals surface area (Å²) in [5, 5.41) is 0.376. The van der Waals surface area contributed by atoms with E-state index in [4.69, 9.17) is 17.3 Å². The first-order chi connectivity index (χ1) is 9.49. The number of pyridine rings is 1. The van der Waals surface area contributed by atoms with Crippen LogP contribution in [0.4, 0.5) is 4.39 Å². The minimum Gasteiger partial charge on any atom is -0.369 e. The van der Waals surface area contributed by atoms with Crippen LogP contribution in [0.5, 0.6) is 0 Å². The van der Waals surface area contributed by atoms with Gasteiger partial charge in [0.15, 0.2) is 5.43 Å². The van der Waals surface area contributed by atoms with E-state index in [1.54, 1.807) is 0 Å². The topological polar surface area (TPSA) is 76.0 Å². The van der Waals surface area contributed by atoms with E-state index in [9.17, 15) is 14.0 Å². The number of H-pyrrole nitrogens is 1. The van der Waals surface area contributed by atoms with Gasteiger partial charge in [-0.2, -0.15) is 0 Å². The first-order valence-corrected chi connectivity index (χ1v) is 6.70. The highest BCUT2D eigenvalue weighted by Gasteiger charge is 2.28. The van der Waals surface area contributed by atoms with Crippen LogP contribution in [-0.4, -0.2) is 10.9 Å². The Bertz CT molecular complexity index is 785. The lowest BCUT2D eigenvalue weighted by Gasteiger charge is -2.23. The molecule has 1 atom stereocenters. The number of nitrogens with two attached hydrogens (primary N) is 1. The molecule has 3 rings (SSSR count). The molecule has 1 amide bonds. The van der Waals surface area contributed by atoms with Gasteiger partial charge in [0.1, 0.15) is 5.82 Å². The average Bonchev–Trinajstić information content (AvgIpc) is 2.39. The minimum absolute atomic E-state index is 0.0753. The van der Waals surface area contributed by atoms with Crippen LogP contribution in [0.1, 0.15) is 30.0 Å². The molecule has 104 valence electrons. The van der Waals surface area contributed by atoms with E-state index >= 15 is 0 Å². The van der Waals surface area contributed by atoms with Crippen molar-refractivity contribution in [3.8, 4) is 0 Å². The number of carbonyl (C=O) groups is 1. The Hall–Kier alpha value is -1.88. The molecule has 0 bridgehead atoms. The van der Waals surface area contributed by atoms with E-state index in [2.05, 4.69) is 4.98 Å². The summed E-state index contributed by atoms with van der Waals surface area (Å²) in [7, 11) is 0. The van der Waals surface area contributed by atoms with E-state index in [1.807, 2.05) is 0 Å². The molecule has 0 aliphatic heterocycles. The number of primary amides is 1. The fourth-order valence-electron chi connectivity index (χ4n) is 2.83. The van der Waals surface area contributed by atoms with Crippen LogP contribution in [0.15, 0.2) is 16.9 Å². The van der Waals surface area contributed by atoms with Crippen molar-refractivity contribution in [3.63, 3.8) is 0 Å². The molecule has 0 fully saturated rings. The van der Waals surface area contributed by atoms with Crippen LogP contribution in [0, 0.1) is 5.82 Å². The number of hydrogen-bond donors (Lipinski definition) is 2. The van der Waals surface area contributed by atoms with Crippen molar-refractivity contribution >= 4 is 28.4 Å². The highest BCUT2D eigenvalue weighted by atomic mass is 35.5. The standard InChI is InChI=1S/C14H12ClFN2O2/c15-6-4-9-12(10(16)5-6)18-11-7(13(9)19)2-1-3-8(11)14(17)20/h4-5,8H,1-3H2,(H2,17,20)(H,18,19). The number of fused-ring (bicyclic) bond motifs is 2. The van der Waals surface area contributed by atoms with Crippen molar-refractivity contribution in [2.75, 3.05) is 0 Å². The second-order valence-electron chi connectivity index (χ2n) is 5.00. The van der Waals surface area contributed by atoms with Gasteiger partial charge in [-0.1, -0.05) is 11.6 Å². The van der Waals surface area contributed by atoms with E-state index in [1.165, 1.54) is 6.07 Å². The molecular weight excluding hydrogens is 283 g/mol. The number of aromatic nitrogens is 1. The molecule has 0 saturated heterocycles. The zero-order chi connectivity index (χ0) is 14.4. The number of benzene rings is 1. The van der Waals surface area contributed by atoms with Crippen LogP contribution >= 0.6 is 11.6 Å². The quantitative estimate of drug-likeness (QED) is 0.846. The van der Waals surface area contributed by atoms with Gasteiger partial charge in [-0.05, 0) is 31.4 Å². The largest absolute Gasteiger partial charge is 0.369 e.